The number of carbonyl (C=O) groups is 3. The van der Waals surface area contributed by atoms with Gasteiger partial charge in [0, 0.05) is 19.3 Å². The average Bonchev–Trinajstić information content (AvgIpc) is 3.45. The van der Waals surface area contributed by atoms with E-state index in [2.05, 4.69) is 93.7 Å². The molecule has 1 atom stereocenters. The van der Waals surface area contributed by atoms with Gasteiger partial charge in [0.25, 0.3) is 0 Å². The molecule has 6 heteroatoms. The fourth-order valence-corrected chi connectivity index (χ4v) is 10.1. The standard InChI is InChI=1S/C73H130O6/c1-4-7-10-13-16-19-22-25-28-30-32-34-36-38-40-42-45-48-51-54-57-60-63-66-72(75)78-69-70(68-77-71(74)65-62-59-56-53-50-47-44-27-24-21-18-15-12-9-6-3)79-73(76)67-64-61-58-55-52-49-46-43-41-39-37-35-33-31-29-26-23-20-17-14-11-8-5-2/h9,12,18,21-22,25,27,30,32,36,38,44,70H,4-8,10-11,13-17,19-20,23-24,26,28-29,31,33-35,37,39-43,45-69H2,1-3H3/b12-9-,21-18-,25-22-,32-30-,38-36-,44-27-. The SMILES string of the molecule is CC/C=C\C/C=C\C/C=C\CCCCCCCC(=O)OCC(COC(=O)CCCCCCCCCC/C=C\C/C=C\C/C=C\CCCCCCC)OC(=O)CCCCCCCCCCCCCCCCCCCCCCCCC. The molecule has 0 aromatic carbocycles. The first-order chi connectivity index (χ1) is 39.0. The molecule has 0 spiro atoms. The second kappa shape index (κ2) is 67.4. The van der Waals surface area contributed by atoms with Gasteiger partial charge in [-0.3, -0.25) is 14.4 Å². The normalized spacial score (nSPS) is 12.5. The van der Waals surface area contributed by atoms with Crippen molar-refractivity contribution in [3.63, 3.8) is 0 Å². The molecule has 0 saturated heterocycles. The molecular formula is C73H130O6. The molecule has 6 nitrogen and oxygen atoms in total. The molecule has 79 heavy (non-hydrogen) atoms. The number of rotatable bonds is 63. The highest BCUT2D eigenvalue weighted by Crippen LogP contribution is 2.18. The Bertz CT molecular complexity index is 1450. The van der Waals surface area contributed by atoms with Crippen LogP contribution in [0.4, 0.5) is 0 Å². The fraction of sp³-hybridized carbons (Fsp3) is 0.795. The van der Waals surface area contributed by atoms with Crippen LogP contribution in [0.1, 0.15) is 355 Å². The van der Waals surface area contributed by atoms with Crippen molar-refractivity contribution in [3.05, 3.63) is 72.9 Å². The first-order valence-electron chi connectivity index (χ1n) is 34.4. The van der Waals surface area contributed by atoms with Gasteiger partial charge in [-0.15, -0.1) is 0 Å². The molecule has 0 N–H and O–H groups in total. The van der Waals surface area contributed by atoms with Gasteiger partial charge in [-0.05, 0) is 89.9 Å². The number of esters is 3. The maximum atomic E-state index is 13.0. The van der Waals surface area contributed by atoms with Gasteiger partial charge in [0.15, 0.2) is 6.10 Å². The van der Waals surface area contributed by atoms with E-state index in [0.717, 1.165) is 116 Å². The monoisotopic (exact) mass is 1100 g/mol. The Morgan fingerprint density at radius 2 is 0.494 bits per heavy atom. The van der Waals surface area contributed by atoms with Crippen molar-refractivity contribution in [2.75, 3.05) is 13.2 Å². The van der Waals surface area contributed by atoms with Crippen LogP contribution in [0.15, 0.2) is 72.9 Å². The second-order valence-corrected chi connectivity index (χ2v) is 23.1. The maximum absolute atomic E-state index is 13.0. The Kier molecular flexibility index (Phi) is 64.7. The van der Waals surface area contributed by atoms with Crippen LogP contribution in [0.25, 0.3) is 0 Å². The van der Waals surface area contributed by atoms with Crippen molar-refractivity contribution >= 4 is 17.9 Å². The molecule has 0 bridgehead atoms. The van der Waals surface area contributed by atoms with Crippen LogP contribution in [0.3, 0.4) is 0 Å². The summed E-state index contributed by atoms with van der Waals surface area (Å²) in [6, 6.07) is 0. The second-order valence-electron chi connectivity index (χ2n) is 23.1. The van der Waals surface area contributed by atoms with Crippen LogP contribution in [-0.2, 0) is 28.6 Å². The molecule has 0 saturated carbocycles. The van der Waals surface area contributed by atoms with Crippen molar-refractivity contribution in [1.82, 2.24) is 0 Å². The summed E-state index contributed by atoms with van der Waals surface area (Å²) in [7, 11) is 0. The summed E-state index contributed by atoms with van der Waals surface area (Å²) >= 11 is 0. The number of carbonyl (C=O) groups excluding carboxylic acids is 3. The first kappa shape index (κ1) is 75.8. The third kappa shape index (κ3) is 65.5. The molecule has 0 amide bonds. The zero-order valence-electron chi connectivity index (χ0n) is 52.6. The van der Waals surface area contributed by atoms with Gasteiger partial charge in [-0.2, -0.15) is 0 Å². The van der Waals surface area contributed by atoms with E-state index in [1.165, 1.54) is 199 Å². The Hall–Kier alpha value is -3.15. The summed E-state index contributed by atoms with van der Waals surface area (Å²) in [6.45, 7) is 6.55. The number of allylic oxidation sites excluding steroid dienone is 12. The topological polar surface area (TPSA) is 78.9 Å². The molecule has 0 radical (unpaired) electrons. The van der Waals surface area contributed by atoms with Crippen LogP contribution in [0.2, 0.25) is 0 Å². The van der Waals surface area contributed by atoms with E-state index < -0.39 is 6.10 Å². The van der Waals surface area contributed by atoms with Gasteiger partial charge >= 0.3 is 17.9 Å². The predicted octanol–water partition coefficient (Wildman–Crippen LogP) is 23.7. The molecule has 1 unspecified atom stereocenters. The van der Waals surface area contributed by atoms with E-state index in [-0.39, 0.29) is 31.1 Å². The Labute approximate surface area is 491 Å². The lowest BCUT2D eigenvalue weighted by Crippen LogP contribution is -2.30. The largest absolute Gasteiger partial charge is 0.462 e. The molecule has 0 aliphatic carbocycles. The zero-order chi connectivity index (χ0) is 57.1. The lowest BCUT2D eigenvalue weighted by molar-refractivity contribution is -0.167. The third-order valence-electron chi connectivity index (χ3n) is 15.2. The lowest BCUT2D eigenvalue weighted by atomic mass is 10.0. The molecular weight excluding hydrogens is 973 g/mol. The highest BCUT2D eigenvalue weighted by atomic mass is 16.6. The van der Waals surface area contributed by atoms with E-state index in [1.54, 1.807) is 0 Å². The molecule has 0 rings (SSSR count). The fourth-order valence-electron chi connectivity index (χ4n) is 10.1. The average molecular weight is 1100 g/mol. The Balaban J connectivity index is 4.33. The van der Waals surface area contributed by atoms with Gasteiger partial charge in [-0.25, -0.2) is 0 Å². The molecule has 0 aliphatic heterocycles. The van der Waals surface area contributed by atoms with Crippen LogP contribution in [0.5, 0.6) is 0 Å². The summed E-state index contributed by atoms with van der Waals surface area (Å²) in [5.74, 6) is -0.886. The van der Waals surface area contributed by atoms with E-state index in [1.807, 2.05) is 0 Å². The van der Waals surface area contributed by atoms with Gasteiger partial charge in [0.2, 0.25) is 0 Å². The van der Waals surface area contributed by atoms with E-state index >= 15 is 0 Å². The van der Waals surface area contributed by atoms with Crippen LogP contribution in [-0.4, -0.2) is 37.2 Å². The smallest absolute Gasteiger partial charge is 0.306 e. The summed E-state index contributed by atoms with van der Waals surface area (Å²) in [6.07, 6.45) is 87.8. The molecule has 0 aromatic heterocycles. The number of ether oxygens (including phenoxy) is 3. The van der Waals surface area contributed by atoms with Gasteiger partial charge in [0.1, 0.15) is 13.2 Å². The molecule has 0 aliphatic rings. The minimum Gasteiger partial charge on any atom is -0.462 e. The van der Waals surface area contributed by atoms with Gasteiger partial charge in [0.05, 0.1) is 0 Å². The summed E-state index contributed by atoms with van der Waals surface area (Å²) in [5.41, 5.74) is 0. The van der Waals surface area contributed by atoms with Crippen LogP contribution in [0, 0.1) is 0 Å². The maximum Gasteiger partial charge on any atom is 0.306 e. The molecule has 458 valence electrons. The highest BCUT2D eigenvalue weighted by Gasteiger charge is 2.19. The van der Waals surface area contributed by atoms with E-state index in [4.69, 9.17) is 14.2 Å². The van der Waals surface area contributed by atoms with Crippen molar-refractivity contribution in [1.29, 1.82) is 0 Å². The minimum atomic E-state index is -0.786. The van der Waals surface area contributed by atoms with Crippen molar-refractivity contribution in [3.8, 4) is 0 Å². The zero-order valence-corrected chi connectivity index (χ0v) is 52.6. The molecule has 0 aromatic rings. The predicted molar refractivity (Wildman–Crippen MR) is 344 cm³/mol. The summed E-state index contributed by atoms with van der Waals surface area (Å²) in [5, 5.41) is 0. The van der Waals surface area contributed by atoms with Crippen LogP contribution >= 0.6 is 0 Å². The third-order valence-corrected chi connectivity index (χ3v) is 15.2. The minimum absolute atomic E-state index is 0.0822. The Morgan fingerprint density at radius 3 is 0.772 bits per heavy atom. The number of unbranched alkanes of at least 4 members (excludes halogenated alkanes) is 40. The highest BCUT2D eigenvalue weighted by molar-refractivity contribution is 5.71. The first-order valence-corrected chi connectivity index (χ1v) is 34.4. The van der Waals surface area contributed by atoms with E-state index in [9.17, 15) is 14.4 Å². The van der Waals surface area contributed by atoms with Crippen molar-refractivity contribution < 1.29 is 28.6 Å². The number of hydrogen-bond acceptors (Lipinski definition) is 6. The Morgan fingerprint density at radius 1 is 0.266 bits per heavy atom. The number of hydrogen-bond donors (Lipinski definition) is 0. The molecule has 0 fully saturated rings. The van der Waals surface area contributed by atoms with Crippen molar-refractivity contribution in [2.24, 2.45) is 0 Å². The summed E-state index contributed by atoms with van der Waals surface area (Å²) in [4.78, 5) is 38.4. The van der Waals surface area contributed by atoms with Gasteiger partial charge in [-0.1, -0.05) is 318 Å². The summed E-state index contributed by atoms with van der Waals surface area (Å²) < 4.78 is 17.0. The van der Waals surface area contributed by atoms with Crippen LogP contribution < -0.4 is 0 Å². The van der Waals surface area contributed by atoms with Crippen molar-refractivity contribution in [2.45, 2.75) is 361 Å². The van der Waals surface area contributed by atoms with Gasteiger partial charge < -0.3 is 14.2 Å². The lowest BCUT2D eigenvalue weighted by Gasteiger charge is -2.18. The van der Waals surface area contributed by atoms with E-state index in [0.29, 0.717) is 19.3 Å². The molecule has 0 heterocycles. The quantitative estimate of drug-likeness (QED) is 0.0261.